The van der Waals surface area contributed by atoms with Crippen LogP contribution >= 0.6 is 0 Å². The Bertz CT molecular complexity index is 419. The summed E-state index contributed by atoms with van der Waals surface area (Å²) >= 11 is 0. The first-order valence-corrected chi connectivity index (χ1v) is 6.88. The fraction of sp³-hybridized carbons (Fsp3) is 0.692. The SMILES string of the molecule is CC(CCCO)NC(=O)NC1CCc2[nH]ncc2C1. The summed E-state index contributed by atoms with van der Waals surface area (Å²) in [5.74, 6) is 0. The highest BCUT2D eigenvalue weighted by Gasteiger charge is 2.21. The molecule has 0 saturated carbocycles. The van der Waals surface area contributed by atoms with E-state index < -0.39 is 0 Å². The van der Waals surface area contributed by atoms with Crippen LogP contribution in [0.15, 0.2) is 6.20 Å². The Morgan fingerprint density at radius 1 is 1.68 bits per heavy atom. The lowest BCUT2D eigenvalue weighted by Gasteiger charge is -2.24. The minimum Gasteiger partial charge on any atom is -0.396 e. The van der Waals surface area contributed by atoms with Crippen LogP contribution in [0.5, 0.6) is 0 Å². The summed E-state index contributed by atoms with van der Waals surface area (Å²) in [5, 5.41) is 21.7. The van der Waals surface area contributed by atoms with Crippen LogP contribution in [0.1, 0.15) is 37.4 Å². The fourth-order valence-corrected chi connectivity index (χ4v) is 2.46. The van der Waals surface area contributed by atoms with Crippen LogP contribution in [-0.4, -0.2) is 40.0 Å². The Labute approximate surface area is 113 Å². The van der Waals surface area contributed by atoms with Crippen LogP contribution in [0, 0.1) is 0 Å². The van der Waals surface area contributed by atoms with Gasteiger partial charge in [0, 0.05) is 24.4 Å². The summed E-state index contributed by atoms with van der Waals surface area (Å²) in [7, 11) is 0. The Morgan fingerprint density at radius 2 is 2.53 bits per heavy atom. The van der Waals surface area contributed by atoms with Crippen molar-refractivity contribution in [3.63, 3.8) is 0 Å². The molecule has 2 atom stereocenters. The van der Waals surface area contributed by atoms with E-state index in [-0.39, 0.29) is 24.7 Å². The van der Waals surface area contributed by atoms with Gasteiger partial charge in [0.1, 0.15) is 0 Å². The number of rotatable bonds is 5. The van der Waals surface area contributed by atoms with Gasteiger partial charge in [0.05, 0.1) is 6.20 Å². The van der Waals surface area contributed by atoms with Crippen LogP contribution < -0.4 is 10.6 Å². The molecule has 1 aliphatic carbocycles. The maximum atomic E-state index is 11.8. The first kappa shape index (κ1) is 13.9. The molecule has 6 heteroatoms. The number of carbonyl (C=O) groups is 1. The summed E-state index contributed by atoms with van der Waals surface area (Å²) in [6.45, 7) is 2.11. The molecular weight excluding hydrogens is 244 g/mol. The summed E-state index contributed by atoms with van der Waals surface area (Å²) in [5.41, 5.74) is 2.39. The predicted molar refractivity (Wildman–Crippen MR) is 71.8 cm³/mol. The van der Waals surface area contributed by atoms with Gasteiger partial charge >= 0.3 is 6.03 Å². The number of urea groups is 1. The molecule has 0 aromatic carbocycles. The van der Waals surface area contributed by atoms with Crippen LogP contribution in [-0.2, 0) is 12.8 Å². The van der Waals surface area contributed by atoms with Gasteiger partial charge in [0.15, 0.2) is 0 Å². The van der Waals surface area contributed by atoms with Gasteiger partial charge in [-0.1, -0.05) is 0 Å². The second kappa shape index (κ2) is 6.56. The molecule has 2 rings (SSSR count). The van der Waals surface area contributed by atoms with Crippen LogP contribution in [0.2, 0.25) is 0 Å². The third-order valence-electron chi connectivity index (χ3n) is 3.52. The van der Waals surface area contributed by atoms with Gasteiger partial charge in [-0.15, -0.1) is 0 Å². The van der Waals surface area contributed by atoms with Crippen LogP contribution in [0.25, 0.3) is 0 Å². The minimum atomic E-state index is -0.123. The van der Waals surface area contributed by atoms with E-state index in [4.69, 9.17) is 5.11 Å². The molecule has 1 aliphatic rings. The van der Waals surface area contributed by atoms with Crippen molar-refractivity contribution in [3.8, 4) is 0 Å². The van der Waals surface area contributed by atoms with Crippen molar-refractivity contribution in [2.24, 2.45) is 0 Å². The molecule has 0 saturated heterocycles. The van der Waals surface area contributed by atoms with E-state index in [9.17, 15) is 4.79 Å². The molecule has 0 spiro atoms. The first-order valence-electron chi connectivity index (χ1n) is 6.88. The number of H-pyrrole nitrogens is 1. The Kier molecular flexibility index (Phi) is 4.79. The molecule has 1 aromatic rings. The van der Waals surface area contributed by atoms with Crippen molar-refractivity contribution < 1.29 is 9.90 Å². The zero-order valence-electron chi connectivity index (χ0n) is 11.3. The normalized spacial score (nSPS) is 19.6. The number of hydrogen-bond donors (Lipinski definition) is 4. The van der Waals surface area contributed by atoms with Gasteiger partial charge in [-0.25, -0.2) is 4.79 Å². The smallest absolute Gasteiger partial charge is 0.315 e. The lowest BCUT2D eigenvalue weighted by molar-refractivity contribution is 0.229. The summed E-state index contributed by atoms with van der Waals surface area (Å²) in [6.07, 6.45) is 6.05. The monoisotopic (exact) mass is 266 g/mol. The minimum absolute atomic E-state index is 0.0835. The number of amides is 2. The number of aryl methyl sites for hydroxylation is 1. The lowest BCUT2D eigenvalue weighted by Crippen LogP contribution is -2.47. The number of hydrogen-bond acceptors (Lipinski definition) is 3. The van der Waals surface area contributed by atoms with Crippen molar-refractivity contribution in [1.82, 2.24) is 20.8 Å². The largest absolute Gasteiger partial charge is 0.396 e. The maximum absolute atomic E-state index is 11.8. The zero-order valence-corrected chi connectivity index (χ0v) is 11.3. The zero-order chi connectivity index (χ0) is 13.7. The van der Waals surface area contributed by atoms with E-state index >= 15 is 0 Å². The van der Waals surface area contributed by atoms with E-state index in [0.717, 1.165) is 25.7 Å². The molecular formula is C13H22N4O2. The Balaban J connectivity index is 1.74. The standard InChI is InChI=1S/C13H22N4O2/c1-9(3-2-6-18)15-13(19)16-11-4-5-12-10(7-11)8-14-17-12/h8-9,11,18H,2-7H2,1H3,(H,14,17)(H2,15,16,19). The first-order chi connectivity index (χ1) is 9.19. The highest BCUT2D eigenvalue weighted by molar-refractivity contribution is 5.74. The molecule has 0 bridgehead atoms. The summed E-state index contributed by atoms with van der Waals surface area (Å²) in [6, 6.07) is 0.137. The molecule has 0 aliphatic heterocycles. The molecule has 1 aromatic heterocycles. The molecule has 19 heavy (non-hydrogen) atoms. The van der Waals surface area contributed by atoms with E-state index in [2.05, 4.69) is 20.8 Å². The highest BCUT2D eigenvalue weighted by atomic mass is 16.3. The fourth-order valence-electron chi connectivity index (χ4n) is 2.46. The van der Waals surface area contributed by atoms with Crippen molar-refractivity contribution in [3.05, 3.63) is 17.5 Å². The molecule has 106 valence electrons. The van der Waals surface area contributed by atoms with Crippen molar-refractivity contribution in [2.75, 3.05) is 6.61 Å². The highest BCUT2D eigenvalue weighted by Crippen LogP contribution is 2.18. The molecule has 6 nitrogen and oxygen atoms in total. The average Bonchev–Trinajstić information content (AvgIpc) is 2.83. The summed E-state index contributed by atoms with van der Waals surface area (Å²) in [4.78, 5) is 11.8. The molecule has 0 radical (unpaired) electrons. The van der Waals surface area contributed by atoms with Gasteiger partial charge in [-0.2, -0.15) is 5.10 Å². The van der Waals surface area contributed by atoms with Crippen molar-refractivity contribution >= 4 is 6.03 Å². The quantitative estimate of drug-likeness (QED) is 0.633. The van der Waals surface area contributed by atoms with Gasteiger partial charge in [-0.05, 0) is 44.6 Å². The second-order valence-electron chi connectivity index (χ2n) is 5.20. The molecule has 1 heterocycles. The van der Waals surface area contributed by atoms with Crippen LogP contribution in [0.3, 0.4) is 0 Å². The number of aliphatic hydroxyl groups excluding tert-OH is 1. The van der Waals surface area contributed by atoms with Gasteiger partial charge in [0.2, 0.25) is 0 Å². The van der Waals surface area contributed by atoms with E-state index in [1.165, 1.54) is 11.3 Å². The molecule has 2 unspecified atom stereocenters. The van der Waals surface area contributed by atoms with Crippen molar-refractivity contribution in [2.45, 2.75) is 51.1 Å². The maximum Gasteiger partial charge on any atom is 0.315 e. The van der Waals surface area contributed by atoms with E-state index in [1.54, 1.807) is 0 Å². The number of fused-ring (bicyclic) bond motifs is 1. The van der Waals surface area contributed by atoms with Gasteiger partial charge in [0.25, 0.3) is 0 Å². The third kappa shape index (κ3) is 3.96. The van der Waals surface area contributed by atoms with Gasteiger partial charge < -0.3 is 15.7 Å². The predicted octanol–water partition coefficient (Wildman–Crippen LogP) is 0.727. The van der Waals surface area contributed by atoms with Gasteiger partial charge in [-0.3, -0.25) is 5.10 Å². The number of nitrogens with one attached hydrogen (secondary N) is 3. The number of aromatic nitrogens is 2. The average molecular weight is 266 g/mol. The van der Waals surface area contributed by atoms with Crippen LogP contribution in [0.4, 0.5) is 4.79 Å². The lowest BCUT2D eigenvalue weighted by atomic mass is 9.94. The third-order valence-corrected chi connectivity index (χ3v) is 3.52. The van der Waals surface area contributed by atoms with Crippen molar-refractivity contribution in [1.29, 1.82) is 0 Å². The number of nitrogens with zero attached hydrogens (tertiary/aromatic N) is 1. The molecule has 0 fully saturated rings. The molecule has 2 amide bonds. The topological polar surface area (TPSA) is 90.0 Å². The van der Waals surface area contributed by atoms with E-state index in [0.29, 0.717) is 6.42 Å². The number of aliphatic hydroxyl groups is 1. The number of carbonyl (C=O) groups excluding carboxylic acids is 1. The molecule has 4 N–H and O–H groups in total. The second-order valence-corrected chi connectivity index (χ2v) is 5.20. The summed E-state index contributed by atoms with van der Waals surface area (Å²) < 4.78 is 0. The number of aromatic amines is 1. The van der Waals surface area contributed by atoms with E-state index in [1.807, 2.05) is 13.1 Å². The Hall–Kier alpha value is -1.56. The Morgan fingerprint density at radius 3 is 3.32 bits per heavy atom.